The number of aromatic nitrogens is 2. The molecule has 0 saturated heterocycles. The van der Waals surface area contributed by atoms with Crippen LogP contribution in [0.25, 0.3) is 0 Å². The van der Waals surface area contributed by atoms with E-state index in [0.29, 0.717) is 24.7 Å². The van der Waals surface area contributed by atoms with Crippen molar-refractivity contribution in [2.24, 2.45) is 5.73 Å². The van der Waals surface area contributed by atoms with Crippen LogP contribution in [0, 0.1) is 0 Å². The molecule has 6 nitrogen and oxygen atoms in total. The van der Waals surface area contributed by atoms with Gasteiger partial charge in [0.1, 0.15) is 5.60 Å². The van der Waals surface area contributed by atoms with E-state index in [0.717, 1.165) is 12.8 Å². The van der Waals surface area contributed by atoms with E-state index in [-0.39, 0.29) is 6.10 Å². The molecule has 0 amide bonds. The number of rotatable bonds is 8. The molecular formula is C12H23N3O3. The first-order valence-corrected chi connectivity index (χ1v) is 6.26. The Balaban J connectivity index is 2.84. The third-order valence-corrected chi connectivity index (χ3v) is 3.41. The van der Waals surface area contributed by atoms with Crippen LogP contribution in [0.2, 0.25) is 0 Å². The molecule has 6 heteroatoms. The van der Waals surface area contributed by atoms with Gasteiger partial charge in [0, 0.05) is 20.8 Å². The van der Waals surface area contributed by atoms with Crippen molar-refractivity contribution >= 4 is 0 Å². The van der Waals surface area contributed by atoms with E-state index in [1.165, 1.54) is 0 Å². The first-order valence-electron chi connectivity index (χ1n) is 6.26. The Morgan fingerprint density at radius 1 is 1.33 bits per heavy atom. The molecule has 0 bridgehead atoms. The van der Waals surface area contributed by atoms with Crippen molar-refractivity contribution in [2.45, 2.75) is 44.8 Å². The van der Waals surface area contributed by atoms with E-state index in [4.69, 9.17) is 19.7 Å². The lowest BCUT2D eigenvalue weighted by Gasteiger charge is -2.25. The summed E-state index contributed by atoms with van der Waals surface area (Å²) >= 11 is 0. The van der Waals surface area contributed by atoms with Gasteiger partial charge in [0.15, 0.2) is 0 Å². The van der Waals surface area contributed by atoms with Gasteiger partial charge >= 0.3 is 0 Å². The standard InChI is InChI=1S/C12H23N3O3/c1-5-12(6-2,17-4)11-14-10(18-15-11)7-9(8-13)16-3/h9H,5-8,13H2,1-4H3. The lowest BCUT2D eigenvalue weighted by Crippen LogP contribution is -2.28. The van der Waals surface area contributed by atoms with E-state index >= 15 is 0 Å². The van der Waals surface area contributed by atoms with E-state index in [9.17, 15) is 0 Å². The summed E-state index contributed by atoms with van der Waals surface area (Å²) in [6, 6.07) is 0. The number of nitrogens with two attached hydrogens (primary N) is 1. The van der Waals surface area contributed by atoms with Crippen molar-refractivity contribution in [1.82, 2.24) is 10.1 Å². The SMILES string of the molecule is CCC(CC)(OC)c1noc(CC(CN)OC)n1. The normalized spacial score (nSPS) is 13.8. The molecule has 1 unspecified atom stereocenters. The molecule has 1 aromatic rings. The van der Waals surface area contributed by atoms with Crippen LogP contribution in [0.5, 0.6) is 0 Å². The molecule has 0 fully saturated rings. The predicted octanol–water partition coefficient (Wildman–Crippen LogP) is 1.25. The summed E-state index contributed by atoms with van der Waals surface area (Å²) < 4.78 is 16.0. The monoisotopic (exact) mass is 257 g/mol. The van der Waals surface area contributed by atoms with Crippen LogP contribution in [0.1, 0.15) is 38.4 Å². The Kier molecular flexibility index (Phi) is 5.71. The highest BCUT2D eigenvalue weighted by Crippen LogP contribution is 2.30. The highest BCUT2D eigenvalue weighted by molar-refractivity contribution is 5.01. The summed E-state index contributed by atoms with van der Waals surface area (Å²) in [5.41, 5.74) is 5.10. The Bertz CT molecular complexity index is 338. The fraction of sp³-hybridized carbons (Fsp3) is 0.833. The van der Waals surface area contributed by atoms with Crippen molar-refractivity contribution in [2.75, 3.05) is 20.8 Å². The van der Waals surface area contributed by atoms with Crippen molar-refractivity contribution in [3.8, 4) is 0 Å². The Labute approximate surface area is 108 Å². The Morgan fingerprint density at radius 2 is 2.00 bits per heavy atom. The molecule has 0 aliphatic heterocycles. The van der Waals surface area contributed by atoms with Gasteiger partial charge in [-0.25, -0.2) is 0 Å². The minimum atomic E-state index is -0.465. The summed E-state index contributed by atoms with van der Waals surface area (Å²) in [5.74, 6) is 1.13. The van der Waals surface area contributed by atoms with Crippen LogP contribution < -0.4 is 5.73 Å². The lowest BCUT2D eigenvalue weighted by atomic mass is 9.96. The van der Waals surface area contributed by atoms with Gasteiger partial charge in [-0.15, -0.1) is 0 Å². The molecule has 0 saturated carbocycles. The third-order valence-electron chi connectivity index (χ3n) is 3.41. The van der Waals surface area contributed by atoms with Gasteiger partial charge in [-0.2, -0.15) is 4.98 Å². The average molecular weight is 257 g/mol. The highest BCUT2D eigenvalue weighted by atomic mass is 16.5. The molecule has 0 aliphatic rings. The predicted molar refractivity (Wildman–Crippen MR) is 67.1 cm³/mol. The summed E-state index contributed by atoms with van der Waals surface area (Å²) in [7, 11) is 3.28. The molecule has 0 radical (unpaired) electrons. The quantitative estimate of drug-likeness (QED) is 0.754. The zero-order valence-corrected chi connectivity index (χ0v) is 11.6. The van der Waals surface area contributed by atoms with Gasteiger partial charge in [-0.1, -0.05) is 19.0 Å². The summed E-state index contributed by atoms with van der Waals surface area (Å²) in [6.07, 6.45) is 2.01. The van der Waals surface area contributed by atoms with E-state index in [2.05, 4.69) is 10.1 Å². The molecule has 1 heterocycles. The largest absolute Gasteiger partial charge is 0.380 e. The van der Waals surface area contributed by atoms with Crippen LogP contribution in [0.3, 0.4) is 0 Å². The van der Waals surface area contributed by atoms with Gasteiger partial charge in [-0.3, -0.25) is 0 Å². The molecule has 1 aromatic heterocycles. The van der Waals surface area contributed by atoms with Crippen molar-refractivity contribution in [3.63, 3.8) is 0 Å². The maximum absolute atomic E-state index is 5.56. The van der Waals surface area contributed by atoms with E-state index in [1.54, 1.807) is 14.2 Å². The molecule has 0 aromatic carbocycles. The number of nitrogens with zero attached hydrogens (tertiary/aromatic N) is 2. The Morgan fingerprint density at radius 3 is 2.44 bits per heavy atom. The Hall–Kier alpha value is -0.980. The maximum atomic E-state index is 5.56. The molecule has 2 N–H and O–H groups in total. The first kappa shape index (κ1) is 15.1. The van der Waals surface area contributed by atoms with Gasteiger partial charge in [0.05, 0.1) is 12.5 Å². The molecule has 1 rings (SSSR count). The van der Waals surface area contributed by atoms with Crippen LogP contribution in [-0.2, 0) is 21.5 Å². The van der Waals surface area contributed by atoms with Crippen LogP contribution in [0.15, 0.2) is 4.52 Å². The molecule has 0 spiro atoms. The number of methoxy groups -OCH3 is 2. The molecular weight excluding hydrogens is 234 g/mol. The summed E-state index contributed by atoms with van der Waals surface area (Å²) in [4.78, 5) is 4.39. The summed E-state index contributed by atoms with van der Waals surface area (Å²) in [6.45, 7) is 4.51. The zero-order chi connectivity index (χ0) is 13.6. The smallest absolute Gasteiger partial charge is 0.229 e. The minimum absolute atomic E-state index is 0.0986. The second-order valence-electron chi connectivity index (χ2n) is 4.21. The van der Waals surface area contributed by atoms with Gasteiger partial charge in [0.2, 0.25) is 11.7 Å². The topological polar surface area (TPSA) is 83.4 Å². The third kappa shape index (κ3) is 3.07. The lowest BCUT2D eigenvalue weighted by molar-refractivity contribution is -0.0306. The number of hydrogen-bond donors (Lipinski definition) is 1. The number of ether oxygens (including phenoxy) is 2. The van der Waals surface area contributed by atoms with Crippen molar-refractivity contribution in [3.05, 3.63) is 11.7 Å². The molecule has 0 aliphatic carbocycles. The van der Waals surface area contributed by atoms with E-state index in [1.807, 2.05) is 13.8 Å². The highest BCUT2D eigenvalue weighted by Gasteiger charge is 2.33. The average Bonchev–Trinajstić information content (AvgIpc) is 2.88. The minimum Gasteiger partial charge on any atom is -0.380 e. The van der Waals surface area contributed by atoms with Crippen molar-refractivity contribution < 1.29 is 14.0 Å². The molecule has 1 atom stereocenters. The van der Waals surface area contributed by atoms with Gasteiger partial charge in [0.25, 0.3) is 0 Å². The fourth-order valence-corrected chi connectivity index (χ4v) is 1.93. The van der Waals surface area contributed by atoms with Crippen LogP contribution >= 0.6 is 0 Å². The second-order valence-corrected chi connectivity index (χ2v) is 4.21. The number of hydrogen-bond acceptors (Lipinski definition) is 6. The van der Waals surface area contributed by atoms with Crippen LogP contribution in [0.4, 0.5) is 0 Å². The van der Waals surface area contributed by atoms with Gasteiger partial charge in [-0.05, 0) is 12.8 Å². The first-order chi connectivity index (χ1) is 8.65. The van der Waals surface area contributed by atoms with Crippen molar-refractivity contribution in [1.29, 1.82) is 0 Å². The van der Waals surface area contributed by atoms with E-state index < -0.39 is 5.60 Å². The molecule has 18 heavy (non-hydrogen) atoms. The van der Waals surface area contributed by atoms with Crippen LogP contribution in [-0.4, -0.2) is 37.0 Å². The fourth-order valence-electron chi connectivity index (χ4n) is 1.93. The maximum Gasteiger partial charge on any atom is 0.229 e. The molecule has 104 valence electrons. The second kappa shape index (κ2) is 6.82. The van der Waals surface area contributed by atoms with Gasteiger partial charge < -0.3 is 19.7 Å². The zero-order valence-electron chi connectivity index (χ0n) is 11.6. The summed E-state index contributed by atoms with van der Waals surface area (Å²) in [5, 5.41) is 4.02.